The van der Waals surface area contributed by atoms with Crippen molar-refractivity contribution >= 4 is 5.91 Å². The van der Waals surface area contributed by atoms with E-state index >= 15 is 0 Å². The van der Waals surface area contributed by atoms with Gasteiger partial charge in [0.05, 0.1) is 6.04 Å². The van der Waals surface area contributed by atoms with Gasteiger partial charge in [-0.15, -0.1) is 0 Å². The van der Waals surface area contributed by atoms with E-state index < -0.39 is 0 Å². The van der Waals surface area contributed by atoms with Crippen LogP contribution in [0.1, 0.15) is 59.4 Å². The zero-order valence-electron chi connectivity index (χ0n) is 14.7. The molecular formula is C21H26N2O. The monoisotopic (exact) mass is 322 g/mol. The molecule has 3 heteroatoms. The van der Waals surface area contributed by atoms with Crippen LogP contribution in [0.2, 0.25) is 0 Å². The maximum Gasteiger partial charge on any atom is 0.251 e. The van der Waals surface area contributed by atoms with Gasteiger partial charge in [-0.25, -0.2) is 0 Å². The fraction of sp³-hybridized carbons (Fsp3) is 0.381. The fourth-order valence-corrected chi connectivity index (χ4v) is 3.26. The maximum absolute atomic E-state index is 12.7. The van der Waals surface area contributed by atoms with Gasteiger partial charge in [-0.3, -0.25) is 4.79 Å². The Morgan fingerprint density at radius 3 is 2.46 bits per heavy atom. The lowest BCUT2D eigenvalue weighted by Gasteiger charge is -2.23. The Hall–Kier alpha value is -2.13. The standard InChI is InChI=1S/C21H26N2O/c1-4-15-5-7-16(8-6-15)20(14(2)3)23-21(24)17-9-10-18-12-22-13-19(18)11-17/h5-11,14,20,22H,4,12-13H2,1-3H3,(H,23,24). The molecule has 2 N–H and O–H groups in total. The molecule has 0 saturated heterocycles. The SMILES string of the molecule is CCc1ccc(C(NC(=O)c2ccc3c(c2)CNC3)C(C)C)cc1. The molecule has 1 aliphatic heterocycles. The van der Waals surface area contributed by atoms with E-state index in [2.05, 4.69) is 61.7 Å². The summed E-state index contributed by atoms with van der Waals surface area (Å²) in [4.78, 5) is 12.7. The lowest BCUT2D eigenvalue weighted by atomic mass is 9.94. The second-order valence-electron chi connectivity index (χ2n) is 6.88. The number of benzene rings is 2. The summed E-state index contributed by atoms with van der Waals surface area (Å²) in [5.74, 6) is 0.334. The zero-order chi connectivity index (χ0) is 17.1. The summed E-state index contributed by atoms with van der Waals surface area (Å²) in [5.41, 5.74) is 5.75. The van der Waals surface area contributed by atoms with Crippen molar-refractivity contribution in [3.05, 3.63) is 70.3 Å². The Bertz CT molecular complexity index is 719. The fourth-order valence-electron chi connectivity index (χ4n) is 3.26. The molecule has 0 aliphatic carbocycles. The topological polar surface area (TPSA) is 41.1 Å². The summed E-state index contributed by atoms with van der Waals surface area (Å²) in [6.45, 7) is 8.19. The minimum Gasteiger partial charge on any atom is -0.345 e. The van der Waals surface area contributed by atoms with E-state index in [1.807, 2.05) is 12.1 Å². The van der Waals surface area contributed by atoms with Crippen LogP contribution >= 0.6 is 0 Å². The van der Waals surface area contributed by atoms with Crippen LogP contribution in [0, 0.1) is 5.92 Å². The molecule has 24 heavy (non-hydrogen) atoms. The molecule has 126 valence electrons. The van der Waals surface area contributed by atoms with Crippen LogP contribution in [0.5, 0.6) is 0 Å². The molecule has 1 aliphatic rings. The Kier molecular flexibility index (Phi) is 5.00. The molecule has 0 bridgehead atoms. The molecular weight excluding hydrogens is 296 g/mol. The van der Waals surface area contributed by atoms with Crippen molar-refractivity contribution in [3.8, 4) is 0 Å². The highest BCUT2D eigenvalue weighted by Crippen LogP contribution is 2.24. The van der Waals surface area contributed by atoms with Crippen molar-refractivity contribution < 1.29 is 4.79 Å². The predicted molar refractivity (Wildman–Crippen MR) is 97.9 cm³/mol. The highest BCUT2D eigenvalue weighted by molar-refractivity contribution is 5.94. The molecule has 1 unspecified atom stereocenters. The molecule has 0 radical (unpaired) electrons. The highest BCUT2D eigenvalue weighted by atomic mass is 16.1. The third kappa shape index (κ3) is 3.51. The van der Waals surface area contributed by atoms with Crippen LogP contribution in [0.15, 0.2) is 42.5 Å². The van der Waals surface area contributed by atoms with Gasteiger partial charge in [-0.1, -0.05) is 51.1 Å². The Balaban J connectivity index is 1.78. The first-order chi connectivity index (χ1) is 11.6. The lowest BCUT2D eigenvalue weighted by Crippen LogP contribution is -2.31. The average Bonchev–Trinajstić information content (AvgIpc) is 3.07. The van der Waals surface area contributed by atoms with Gasteiger partial charge in [0.1, 0.15) is 0 Å². The number of hydrogen-bond donors (Lipinski definition) is 2. The summed E-state index contributed by atoms with van der Waals surface area (Å²) in [6.07, 6.45) is 1.03. The first-order valence-corrected chi connectivity index (χ1v) is 8.80. The molecule has 0 saturated carbocycles. The molecule has 2 aromatic carbocycles. The molecule has 0 aromatic heterocycles. The quantitative estimate of drug-likeness (QED) is 0.874. The van der Waals surface area contributed by atoms with E-state index in [1.165, 1.54) is 22.3 Å². The second kappa shape index (κ2) is 7.18. The van der Waals surface area contributed by atoms with Gasteiger partial charge in [-0.05, 0) is 46.7 Å². The van der Waals surface area contributed by atoms with Crippen LogP contribution in [-0.4, -0.2) is 5.91 Å². The highest BCUT2D eigenvalue weighted by Gasteiger charge is 2.20. The molecule has 3 rings (SSSR count). The molecule has 2 aromatic rings. The largest absolute Gasteiger partial charge is 0.345 e. The number of carbonyl (C=O) groups excluding carboxylic acids is 1. The predicted octanol–water partition coefficient (Wildman–Crippen LogP) is 3.98. The Morgan fingerprint density at radius 1 is 1.08 bits per heavy atom. The van der Waals surface area contributed by atoms with E-state index in [1.54, 1.807) is 0 Å². The van der Waals surface area contributed by atoms with Crippen molar-refractivity contribution in [3.63, 3.8) is 0 Å². The first kappa shape index (κ1) is 16.7. The Labute approximate surface area is 144 Å². The van der Waals surface area contributed by atoms with Crippen LogP contribution in [0.4, 0.5) is 0 Å². The number of rotatable bonds is 5. The van der Waals surface area contributed by atoms with Crippen LogP contribution < -0.4 is 10.6 Å². The third-order valence-corrected chi connectivity index (χ3v) is 4.80. The van der Waals surface area contributed by atoms with E-state index in [4.69, 9.17) is 0 Å². The van der Waals surface area contributed by atoms with Crippen LogP contribution in [0.25, 0.3) is 0 Å². The van der Waals surface area contributed by atoms with Gasteiger partial charge in [0.2, 0.25) is 0 Å². The normalized spacial score (nSPS) is 14.5. The van der Waals surface area contributed by atoms with E-state index in [0.717, 1.165) is 25.1 Å². The summed E-state index contributed by atoms with van der Waals surface area (Å²) in [7, 11) is 0. The van der Waals surface area contributed by atoms with E-state index in [9.17, 15) is 4.79 Å². The van der Waals surface area contributed by atoms with Gasteiger partial charge in [-0.2, -0.15) is 0 Å². The first-order valence-electron chi connectivity index (χ1n) is 8.80. The molecule has 1 heterocycles. The minimum absolute atomic E-state index is 0.00275. The molecule has 1 amide bonds. The number of nitrogens with one attached hydrogen (secondary N) is 2. The summed E-state index contributed by atoms with van der Waals surface area (Å²) in [6, 6.07) is 14.6. The van der Waals surface area contributed by atoms with Gasteiger partial charge in [0, 0.05) is 18.7 Å². The third-order valence-electron chi connectivity index (χ3n) is 4.80. The van der Waals surface area contributed by atoms with Gasteiger partial charge in [0.15, 0.2) is 0 Å². The smallest absolute Gasteiger partial charge is 0.251 e. The number of carbonyl (C=O) groups is 1. The summed E-state index contributed by atoms with van der Waals surface area (Å²) in [5, 5.41) is 6.54. The van der Waals surface area contributed by atoms with Gasteiger partial charge >= 0.3 is 0 Å². The molecule has 1 atom stereocenters. The summed E-state index contributed by atoms with van der Waals surface area (Å²) < 4.78 is 0. The molecule has 0 fully saturated rings. The van der Waals surface area contributed by atoms with Gasteiger partial charge < -0.3 is 10.6 Å². The number of fused-ring (bicyclic) bond motifs is 1. The van der Waals surface area contributed by atoms with E-state index in [0.29, 0.717) is 5.92 Å². The number of amides is 1. The minimum atomic E-state index is 0.00275. The summed E-state index contributed by atoms with van der Waals surface area (Å²) >= 11 is 0. The van der Waals surface area contributed by atoms with Gasteiger partial charge in [0.25, 0.3) is 5.91 Å². The van der Waals surface area contributed by atoms with Crippen molar-refractivity contribution in [2.45, 2.75) is 46.3 Å². The van der Waals surface area contributed by atoms with Crippen molar-refractivity contribution in [2.75, 3.05) is 0 Å². The second-order valence-corrected chi connectivity index (χ2v) is 6.88. The van der Waals surface area contributed by atoms with Crippen molar-refractivity contribution in [2.24, 2.45) is 5.92 Å². The number of hydrogen-bond acceptors (Lipinski definition) is 2. The van der Waals surface area contributed by atoms with E-state index in [-0.39, 0.29) is 11.9 Å². The Morgan fingerprint density at radius 2 is 1.79 bits per heavy atom. The lowest BCUT2D eigenvalue weighted by molar-refractivity contribution is 0.0925. The van der Waals surface area contributed by atoms with Crippen LogP contribution in [-0.2, 0) is 19.5 Å². The average molecular weight is 322 g/mol. The van der Waals surface area contributed by atoms with Crippen LogP contribution in [0.3, 0.4) is 0 Å². The van der Waals surface area contributed by atoms with Crippen molar-refractivity contribution in [1.29, 1.82) is 0 Å². The van der Waals surface area contributed by atoms with Crippen molar-refractivity contribution in [1.82, 2.24) is 10.6 Å². The molecule has 0 spiro atoms. The maximum atomic E-state index is 12.7. The zero-order valence-corrected chi connectivity index (χ0v) is 14.7. The molecule has 3 nitrogen and oxygen atoms in total. The number of aryl methyl sites for hydroxylation is 1.